The maximum absolute atomic E-state index is 13.1. The number of thiazole rings is 1. The van der Waals surface area contributed by atoms with Gasteiger partial charge in [-0.25, -0.2) is 9.37 Å². The molecule has 0 spiro atoms. The number of morpholine rings is 1. The molecule has 0 unspecified atom stereocenters. The molecule has 4 rings (SSSR count). The highest BCUT2D eigenvalue weighted by Crippen LogP contribution is 2.31. The monoisotopic (exact) mass is 485 g/mol. The summed E-state index contributed by atoms with van der Waals surface area (Å²) in [5.74, 6) is -0.124. The van der Waals surface area contributed by atoms with Crippen LogP contribution >= 0.6 is 35.3 Å². The zero-order chi connectivity index (χ0) is 20.9. The zero-order valence-corrected chi connectivity index (χ0v) is 19.0. The molecule has 1 aliphatic heterocycles. The van der Waals surface area contributed by atoms with E-state index in [1.54, 1.807) is 11.0 Å². The van der Waals surface area contributed by atoms with Gasteiger partial charge in [-0.3, -0.25) is 14.6 Å². The predicted molar refractivity (Wildman–Crippen MR) is 123 cm³/mol. The number of aromatic nitrogens is 1. The van der Waals surface area contributed by atoms with Crippen LogP contribution in [0.15, 0.2) is 42.5 Å². The van der Waals surface area contributed by atoms with Crippen molar-refractivity contribution in [2.45, 2.75) is 0 Å². The molecule has 166 valence electrons. The average Bonchev–Trinajstić information content (AvgIpc) is 3.17. The highest BCUT2D eigenvalue weighted by Gasteiger charge is 2.22. The van der Waals surface area contributed by atoms with Crippen LogP contribution in [0.25, 0.3) is 10.2 Å². The molecular weight excluding hydrogens is 464 g/mol. The van der Waals surface area contributed by atoms with E-state index in [-0.39, 0.29) is 30.7 Å². The summed E-state index contributed by atoms with van der Waals surface area (Å²) in [5, 5.41) is 1.23. The van der Waals surface area contributed by atoms with E-state index >= 15 is 0 Å². The van der Waals surface area contributed by atoms with E-state index in [9.17, 15) is 9.18 Å². The van der Waals surface area contributed by atoms with Gasteiger partial charge in [-0.05, 0) is 42.5 Å². The topological polar surface area (TPSA) is 54.9 Å². The maximum atomic E-state index is 13.1. The van der Waals surface area contributed by atoms with Gasteiger partial charge in [0.05, 0.1) is 23.4 Å². The minimum atomic E-state index is -0.353. The number of nitrogens with zero attached hydrogens (tertiary/aromatic N) is 3. The van der Waals surface area contributed by atoms with E-state index in [1.165, 1.54) is 35.6 Å². The molecule has 1 aliphatic rings. The molecule has 0 saturated carbocycles. The molecule has 2 aromatic carbocycles. The normalized spacial score (nSPS) is 14.3. The van der Waals surface area contributed by atoms with Gasteiger partial charge in [0.1, 0.15) is 11.6 Å². The number of hydrogen-bond acceptors (Lipinski definition) is 6. The number of halogens is 3. The van der Waals surface area contributed by atoms with Crippen LogP contribution < -0.4 is 9.64 Å². The Morgan fingerprint density at radius 3 is 2.71 bits per heavy atom. The van der Waals surface area contributed by atoms with Crippen molar-refractivity contribution in [3.8, 4) is 5.75 Å². The van der Waals surface area contributed by atoms with Gasteiger partial charge in [-0.1, -0.05) is 22.9 Å². The molecular formula is C21H22Cl2FN3O3S. The second-order valence-electron chi connectivity index (χ2n) is 6.85. The van der Waals surface area contributed by atoms with Crippen molar-refractivity contribution in [2.75, 3.05) is 50.9 Å². The van der Waals surface area contributed by atoms with Gasteiger partial charge in [0.15, 0.2) is 11.7 Å². The Kier molecular flexibility index (Phi) is 8.45. The summed E-state index contributed by atoms with van der Waals surface area (Å²) >= 11 is 7.51. The van der Waals surface area contributed by atoms with Crippen LogP contribution in [-0.4, -0.2) is 61.8 Å². The second kappa shape index (κ2) is 11.1. The summed E-state index contributed by atoms with van der Waals surface area (Å²) < 4.78 is 25.0. The van der Waals surface area contributed by atoms with Gasteiger partial charge in [0.2, 0.25) is 0 Å². The number of fused-ring (bicyclic) bond motifs is 1. The Morgan fingerprint density at radius 1 is 1.23 bits per heavy atom. The van der Waals surface area contributed by atoms with Crippen LogP contribution in [0.3, 0.4) is 0 Å². The number of hydrogen-bond donors (Lipinski definition) is 0. The van der Waals surface area contributed by atoms with E-state index in [0.29, 0.717) is 42.2 Å². The molecule has 0 N–H and O–H groups in total. The highest BCUT2D eigenvalue weighted by molar-refractivity contribution is 7.22. The standard InChI is InChI=1S/C21H21ClFN3O3S.ClH/c22-15-1-6-18-19(13-15)30-21(24-18)26(8-7-25-9-11-28-12-10-25)20(27)14-29-17-4-2-16(23)3-5-17;/h1-6,13H,7-12,14H2;1H. The molecule has 31 heavy (non-hydrogen) atoms. The molecule has 0 bridgehead atoms. The molecule has 0 atom stereocenters. The van der Waals surface area contributed by atoms with Crippen LogP contribution in [0.1, 0.15) is 0 Å². The molecule has 2 heterocycles. The number of anilines is 1. The van der Waals surface area contributed by atoms with E-state index in [1.807, 2.05) is 12.1 Å². The Morgan fingerprint density at radius 2 is 1.97 bits per heavy atom. The minimum absolute atomic E-state index is 0. The number of carbonyl (C=O) groups excluding carboxylic acids is 1. The van der Waals surface area contributed by atoms with Gasteiger partial charge >= 0.3 is 0 Å². The summed E-state index contributed by atoms with van der Waals surface area (Å²) in [4.78, 5) is 21.6. The molecule has 1 amide bonds. The van der Waals surface area contributed by atoms with Crippen molar-refractivity contribution in [3.05, 3.63) is 53.3 Å². The molecule has 1 fully saturated rings. The SMILES string of the molecule is Cl.O=C(COc1ccc(F)cc1)N(CCN1CCOCC1)c1nc2ccc(Cl)cc2s1. The van der Waals surface area contributed by atoms with Crippen molar-refractivity contribution < 1.29 is 18.7 Å². The van der Waals surface area contributed by atoms with E-state index in [0.717, 1.165) is 23.3 Å². The minimum Gasteiger partial charge on any atom is -0.484 e. The Balaban J connectivity index is 0.00000272. The third-order valence-corrected chi connectivity index (χ3v) is 6.07. The lowest BCUT2D eigenvalue weighted by Gasteiger charge is -2.29. The van der Waals surface area contributed by atoms with Crippen molar-refractivity contribution in [1.82, 2.24) is 9.88 Å². The van der Waals surface area contributed by atoms with Crippen LogP contribution in [0, 0.1) is 5.82 Å². The second-order valence-corrected chi connectivity index (χ2v) is 8.30. The molecule has 6 nitrogen and oxygen atoms in total. The molecule has 1 saturated heterocycles. The van der Waals surface area contributed by atoms with Crippen LogP contribution in [0.5, 0.6) is 5.75 Å². The van der Waals surface area contributed by atoms with Gasteiger partial charge in [-0.15, -0.1) is 12.4 Å². The maximum Gasteiger partial charge on any atom is 0.266 e. The van der Waals surface area contributed by atoms with Crippen molar-refractivity contribution in [1.29, 1.82) is 0 Å². The lowest BCUT2D eigenvalue weighted by Crippen LogP contribution is -2.44. The van der Waals surface area contributed by atoms with Crippen molar-refractivity contribution >= 4 is 56.6 Å². The fourth-order valence-corrected chi connectivity index (χ4v) is 4.43. The molecule has 3 aromatic rings. The summed E-state index contributed by atoms with van der Waals surface area (Å²) in [7, 11) is 0. The first-order chi connectivity index (χ1) is 14.6. The number of benzene rings is 2. The average molecular weight is 486 g/mol. The first kappa shape index (κ1) is 23.7. The van der Waals surface area contributed by atoms with E-state index in [2.05, 4.69) is 9.88 Å². The summed E-state index contributed by atoms with van der Waals surface area (Å²) in [6, 6.07) is 11.1. The summed E-state index contributed by atoms with van der Waals surface area (Å²) in [6.45, 7) is 4.10. The fourth-order valence-electron chi connectivity index (χ4n) is 3.15. The lowest BCUT2D eigenvalue weighted by atomic mass is 10.3. The fraction of sp³-hybridized carbons (Fsp3) is 0.333. The third kappa shape index (κ3) is 6.27. The Labute approximate surface area is 194 Å². The Hall–Kier alpha value is -1.97. The smallest absolute Gasteiger partial charge is 0.266 e. The molecule has 0 radical (unpaired) electrons. The first-order valence-electron chi connectivity index (χ1n) is 9.63. The van der Waals surface area contributed by atoms with Crippen LogP contribution in [-0.2, 0) is 9.53 Å². The zero-order valence-electron chi connectivity index (χ0n) is 16.6. The summed E-state index contributed by atoms with van der Waals surface area (Å²) in [6.07, 6.45) is 0. The lowest BCUT2D eigenvalue weighted by molar-refractivity contribution is -0.120. The van der Waals surface area contributed by atoms with Gasteiger partial charge in [0, 0.05) is 31.2 Å². The van der Waals surface area contributed by atoms with E-state index in [4.69, 9.17) is 21.1 Å². The van der Waals surface area contributed by atoms with Gasteiger partial charge in [0.25, 0.3) is 5.91 Å². The van der Waals surface area contributed by atoms with Gasteiger partial charge < -0.3 is 9.47 Å². The first-order valence-corrected chi connectivity index (χ1v) is 10.8. The Bertz CT molecular complexity index is 1010. The highest BCUT2D eigenvalue weighted by atomic mass is 35.5. The van der Waals surface area contributed by atoms with Crippen LogP contribution in [0.2, 0.25) is 5.02 Å². The van der Waals surface area contributed by atoms with Crippen LogP contribution in [0.4, 0.5) is 9.52 Å². The van der Waals surface area contributed by atoms with Gasteiger partial charge in [-0.2, -0.15) is 0 Å². The van der Waals surface area contributed by atoms with E-state index < -0.39 is 0 Å². The number of carbonyl (C=O) groups is 1. The number of rotatable bonds is 7. The van der Waals surface area contributed by atoms with Crippen molar-refractivity contribution in [2.24, 2.45) is 0 Å². The molecule has 0 aliphatic carbocycles. The predicted octanol–water partition coefficient (Wildman–Crippen LogP) is 4.25. The quantitative estimate of drug-likeness (QED) is 0.500. The molecule has 1 aromatic heterocycles. The summed E-state index contributed by atoms with van der Waals surface area (Å²) in [5.41, 5.74) is 0.794. The largest absolute Gasteiger partial charge is 0.484 e. The van der Waals surface area contributed by atoms with Crippen molar-refractivity contribution in [3.63, 3.8) is 0 Å². The number of ether oxygens (including phenoxy) is 2. The number of amides is 1. The third-order valence-electron chi connectivity index (χ3n) is 4.79. The molecule has 10 heteroatoms.